The van der Waals surface area contributed by atoms with Crippen molar-refractivity contribution in [1.82, 2.24) is 4.98 Å². The third-order valence-corrected chi connectivity index (χ3v) is 4.23. The molecule has 0 unspecified atom stereocenters. The number of benzene rings is 2. The number of carbonyl (C=O) groups excluding carboxylic acids is 1. The number of ether oxygens (including phenoxy) is 1. The number of halogens is 4. The Kier molecular flexibility index (Phi) is 5.93. The smallest absolute Gasteiger partial charge is 0.416 e. The van der Waals surface area contributed by atoms with E-state index in [9.17, 15) is 18.0 Å². The van der Waals surface area contributed by atoms with Gasteiger partial charge in [0.2, 0.25) is 5.88 Å². The number of carbonyl (C=O) groups is 1. The van der Waals surface area contributed by atoms with Crippen LogP contribution in [0, 0.1) is 6.92 Å². The lowest BCUT2D eigenvalue weighted by Gasteiger charge is -2.13. The Bertz CT molecular complexity index is 1040. The molecule has 3 rings (SSSR count). The summed E-state index contributed by atoms with van der Waals surface area (Å²) in [5.74, 6) is -0.115. The van der Waals surface area contributed by atoms with E-state index < -0.39 is 17.8 Å². The first-order valence-electron chi connectivity index (χ1n) is 8.36. The monoisotopic (exact) mass is 421 g/mol. The maximum Gasteiger partial charge on any atom is 0.416 e. The van der Waals surface area contributed by atoms with Gasteiger partial charge in [0, 0.05) is 16.9 Å². The summed E-state index contributed by atoms with van der Waals surface area (Å²) in [4.78, 5) is 16.3. The maximum atomic E-state index is 12.9. The molecule has 2 amide bonds. The van der Waals surface area contributed by atoms with Gasteiger partial charge in [0.25, 0.3) is 0 Å². The van der Waals surface area contributed by atoms with Crippen LogP contribution in [0.4, 0.5) is 29.3 Å². The van der Waals surface area contributed by atoms with Gasteiger partial charge in [-0.05, 0) is 55.0 Å². The predicted molar refractivity (Wildman–Crippen MR) is 105 cm³/mol. The van der Waals surface area contributed by atoms with Gasteiger partial charge in [-0.15, -0.1) is 0 Å². The molecule has 2 aromatic carbocycles. The fourth-order valence-corrected chi connectivity index (χ4v) is 2.55. The van der Waals surface area contributed by atoms with Crippen molar-refractivity contribution in [2.24, 2.45) is 0 Å². The highest BCUT2D eigenvalue weighted by molar-refractivity contribution is 6.31. The molecular formula is C20H15ClF3N3O2. The zero-order valence-corrected chi connectivity index (χ0v) is 15.8. The lowest BCUT2D eigenvalue weighted by molar-refractivity contribution is -0.137. The van der Waals surface area contributed by atoms with E-state index in [1.165, 1.54) is 24.4 Å². The number of hydrogen-bond acceptors (Lipinski definition) is 3. The molecule has 150 valence electrons. The average Bonchev–Trinajstić information content (AvgIpc) is 2.66. The van der Waals surface area contributed by atoms with Gasteiger partial charge < -0.3 is 15.4 Å². The maximum absolute atomic E-state index is 12.9. The summed E-state index contributed by atoms with van der Waals surface area (Å²) in [6.45, 7) is 1.83. The van der Waals surface area contributed by atoms with E-state index in [4.69, 9.17) is 16.3 Å². The van der Waals surface area contributed by atoms with Crippen LogP contribution in [0.5, 0.6) is 11.6 Å². The molecular weight excluding hydrogens is 407 g/mol. The number of alkyl halides is 3. The van der Waals surface area contributed by atoms with Crippen LogP contribution in [0.1, 0.15) is 11.1 Å². The first kappa shape index (κ1) is 20.5. The number of anilines is 2. The second-order valence-electron chi connectivity index (χ2n) is 6.03. The third kappa shape index (κ3) is 5.39. The van der Waals surface area contributed by atoms with Crippen molar-refractivity contribution in [3.63, 3.8) is 0 Å². The second kappa shape index (κ2) is 8.40. The van der Waals surface area contributed by atoms with Gasteiger partial charge in [-0.1, -0.05) is 23.7 Å². The number of urea groups is 1. The standard InChI is InChI=1S/C20H15ClF3N3O2/c1-12-7-8-14(11-16(12)21)26-19(28)27-17-6-3-9-25-18(17)29-15-5-2-4-13(10-15)20(22,23)24/h2-11H,1H3,(H2,26,27,28). The van der Waals surface area contributed by atoms with E-state index in [1.807, 2.05) is 6.92 Å². The molecule has 0 aliphatic carbocycles. The number of nitrogens with zero attached hydrogens (tertiary/aromatic N) is 1. The van der Waals surface area contributed by atoms with Gasteiger partial charge in [-0.2, -0.15) is 13.2 Å². The molecule has 0 saturated heterocycles. The van der Waals surface area contributed by atoms with Crippen molar-refractivity contribution in [1.29, 1.82) is 0 Å². The molecule has 0 aliphatic heterocycles. The Hall–Kier alpha value is -3.26. The molecule has 5 nitrogen and oxygen atoms in total. The van der Waals surface area contributed by atoms with Crippen molar-refractivity contribution in [3.05, 3.63) is 76.9 Å². The molecule has 9 heteroatoms. The topological polar surface area (TPSA) is 63.2 Å². The summed E-state index contributed by atoms with van der Waals surface area (Å²) in [5.41, 5.74) is 0.666. The fraction of sp³-hybridized carbons (Fsp3) is 0.100. The van der Waals surface area contributed by atoms with E-state index in [-0.39, 0.29) is 17.3 Å². The molecule has 0 aliphatic rings. The zero-order valence-electron chi connectivity index (χ0n) is 15.0. The largest absolute Gasteiger partial charge is 0.437 e. The van der Waals surface area contributed by atoms with E-state index in [0.717, 1.165) is 17.7 Å². The lowest BCUT2D eigenvalue weighted by atomic mass is 10.2. The highest BCUT2D eigenvalue weighted by atomic mass is 35.5. The molecule has 0 radical (unpaired) electrons. The highest BCUT2D eigenvalue weighted by Gasteiger charge is 2.30. The first-order chi connectivity index (χ1) is 13.7. The quantitative estimate of drug-likeness (QED) is 0.505. The number of aromatic nitrogens is 1. The summed E-state index contributed by atoms with van der Waals surface area (Å²) in [6, 6.07) is 11.9. The van der Waals surface area contributed by atoms with Crippen LogP contribution in [0.3, 0.4) is 0 Å². The van der Waals surface area contributed by atoms with Crippen LogP contribution in [-0.2, 0) is 6.18 Å². The minimum absolute atomic E-state index is 0.0519. The Morgan fingerprint density at radius 1 is 1.07 bits per heavy atom. The fourth-order valence-electron chi connectivity index (χ4n) is 2.37. The molecule has 0 spiro atoms. The van der Waals surface area contributed by atoms with Crippen molar-refractivity contribution >= 4 is 29.0 Å². The summed E-state index contributed by atoms with van der Waals surface area (Å²) in [5, 5.41) is 5.67. The van der Waals surface area contributed by atoms with Crippen LogP contribution in [0.15, 0.2) is 60.8 Å². The number of pyridine rings is 1. The molecule has 2 N–H and O–H groups in total. The zero-order chi connectivity index (χ0) is 21.0. The van der Waals surface area contributed by atoms with Crippen LogP contribution in [-0.4, -0.2) is 11.0 Å². The predicted octanol–water partition coefficient (Wildman–Crippen LogP) is 6.50. The first-order valence-corrected chi connectivity index (χ1v) is 8.74. The van der Waals surface area contributed by atoms with Crippen LogP contribution in [0.25, 0.3) is 0 Å². The van der Waals surface area contributed by atoms with Crippen molar-refractivity contribution in [2.75, 3.05) is 10.6 Å². The van der Waals surface area contributed by atoms with Gasteiger partial charge in [-0.3, -0.25) is 0 Å². The Morgan fingerprint density at radius 2 is 1.86 bits per heavy atom. The highest BCUT2D eigenvalue weighted by Crippen LogP contribution is 2.33. The number of hydrogen-bond donors (Lipinski definition) is 2. The van der Waals surface area contributed by atoms with E-state index >= 15 is 0 Å². The normalized spacial score (nSPS) is 11.1. The molecule has 1 heterocycles. The van der Waals surface area contributed by atoms with E-state index in [2.05, 4.69) is 15.6 Å². The van der Waals surface area contributed by atoms with Crippen molar-refractivity contribution < 1.29 is 22.7 Å². The summed E-state index contributed by atoms with van der Waals surface area (Å²) in [6.07, 6.45) is -3.11. The minimum atomic E-state index is -4.50. The van der Waals surface area contributed by atoms with Gasteiger partial charge in [0.1, 0.15) is 11.4 Å². The minimum Gasteiger partial charge on any atom is -0.437 e. The average molecular weight is 422 g/mol. The molecule has 0 saturated carbocycles. The SMILES string of the molecule is Cc1ccc(NC(=O)Nc2cccnc2Oc2cccc(C(F)(F)F)c2)cc1Cl. The Morgan fingerprint density at radius 3 is 2.59 bits per heavy atom. The van der Waals surface area contributed by atoms with Gasteiger partial charge in [0.15, 0.2) is 0 Å². The van der Waals surface area contributed by atoms with Crippen molar-refractivity contribution in [3.8, 4) is 11.6 Å². The molecule has 29 heavy (non-hydrogen) atoms. The third-order valence-electron chi connectivity index (χ3n) is 3.82. The molecule has 3 aromatic rings. The van der Waals surface area contributed by atoms with Crippen LogP contribution < -0.4 is 15.4 Å². The summed E-state index contributed by atoms with van der Waals surface area (Å²) >= 11 is 6.04. The Labute approximate surface area is 169 Å². The van der Waals surface area contributed by atoms with Gasteiger partial charge >= 0.3 is 12.2 Å². The molecule has 1 aromatic heterocycles. The number of rotatable bonds is 4. The van der Waals surface area contributed by atoms with Gasteiger partial charge in [-0.25, -0.2) is 9.78 Å². The van der Waals surface area contributed by atoms with Gasteiger partial charge in [0.05, 0.1) is 5.56 Å². The Balaban J connectivity index is 1.75. The molecule has 0 fully saturated rings. The number of aryl methyl sites for hydroxylation is 1. The van der Waals surface area contributed by atoms with E-state index in [0.29, 0.717) is 10.7 Å². The van der Waals surface area contributed by atoms with E-state index in [1.54, 1.807) is 24.3 Å². The van der Waals surface area contributed by atoms with Crippen molar-refractivity contribution in [2.45, 2.75) is 13.1 Å². The number of amides is 2. The molecule has 0 atom stereocenters. The number of nitrogens with one attached hydrogen (secondary N) is 2. The summed E-state index contributed by atoms with van der Waals surface area (Å²) in [7, 11) is 0. The summed E-state index contributed by atoms with van der Waals surface area (Å²) < 4.78 is 44.1. The van der Waals surface area contributed by atoms with Crippen LogP contribution >= 0.6 is 11.6 Å². The second-order valence-corrected chi connectivity index (χ2v) is 6.43. The molecule has 0 bridgehead atoms. The van der Waals surface area contributed by atoms with Crippen LogP contribution in [0.2, 0.25) is 5.02 Å². The lowest BCUT2D eigenvalue weighted by Crippen LogP contribution is -2.20.